The van der Waals surface area contributed by atoms with Gasteiger partial charge in [0.15, 0.2) is 0 Å². The lowest BCUT2D eigenvalue weighted by Crippen LogP contribution is -2.47. The van der Waals surface area contributed by atoms with Gasteiger partial charge in [-0.3, -0.25) is 9.59 Å². The molecule has 2 amide bonds. The molecule has 0 N–H and O–H groups in total. The third-order valence-electron chi connectivity index (χ3n) is 4.16. The minimum absolute atomic E-state index is 0.308. The number of amides is 2. The Morgan fingerprint density at radius 3 is 2.36 bits per heavy atom. The van der Waals surface area contributed by atoms with E-state index >= 15 is 0 Å². The van der Waals surface area contributed by atoms with E-state index in [9.17, 15) is 9.59 Å². The molecule has 2 aliphatic heterocycles. The van der Waals surface area contributed by atoms with Crippen molar-refractivity contribution in [1.82, 2.24) is 0 Å². The van der Waals surface area contributed by atoms with Crippen LogP contribution in [0.25, 0.3) is 5.57 Å². The molecule has 0 fully saturated rings. The molecule has 22 heavy (non-hydrogen) atoms. The summed E-state index contributed by atoms with van der Waals surface area (Å²) in [5.74, 6) is -0.653. The van der Waals surface area contributed by atoms with E-state index in [2.05, 4.69) is 0 Å². The molecule has 2 aromatic carbocycles. The first-order chi connectivity index (χ1) is 10.7. The second kappa shape index (κ2) is 4.31. The van der Waals surface area contributed by atoms with Crippen molar-refractivity contribution in [3.63, 3.8) is 0 Å². The summed E-state index contributed by atoms with van der Waals surface area (Å²) >= 11 is 0. The topological polar surface area (TPSA) is 46.6 Å². The number of ether oxygens (including phenoxy) is 1. The summed E-state index contributed by atoms with van der Waals surface area (Å²) in [4.78, 5) is 26.1. The van der Waals surface area contributed by atoms with Crippen LogP contribution in [0.2, 0.25) is 0 Å². The molecule has 2 aliphatic rings. The normalized spacial score (nSPS) is 22.0. The minimum Gasteiger partial charge on any atom is -0.475 e. The number of carbonyl (C=O) groups is 2. The van der Waals surface area contributed by atoms with Gasteiger partial charge in [-0.2, -0.15) is 0 Å². The van der Waals surface area contributed by atoms with Crippen LogP contribution in [0.1, 0.15) is 18.1 Å². The van der Waals surface area contributed by atoms with E-state index in [-0.39, 0.29) is 11.8 Å². The van der Waals surface area contributed by atoms with Gasteiger partial charge < -0.3 is 4.74 Å². The van der Waals surface area contributed by atoms with Crippen LogP contribution in [0.3, 0.4) is 0 Å². The van der Waals surface area contributed by atoms with Gasteiger partial charge in [0.25, 0.3) is 5.91 Å². The highest BCUT2D eigenvalue weighted by Gasteiger charge is 2.60. The largest absolute Gasteiger partial charge is 0.475 e. The van der Waals surface area contributed by atoms with Gasteiger partial charge in [-0.05, 0) is 11.6 Å². The number of fused-ring (bicyclic) bond motifs is 2. The average molecular weight is 291 g/mol. The lowest BCUT2D eigenvalue weighted by Gasteiger charge is -2.37. The number of hydrogen-bond acceptors (Lipinski definition) is 3. The molecule has 4 heteroatoms. The van der Waals surface area contributed by atoms with Gasteiger partial charge in [0.1, 0.15) is 0 Å². The van der Waals surface area contributed by atoms with Crippen molar-refractivity contribution >= 4 is 23.1 Å². The highest BCUT2D eigenvalue weighted by molar-refractivity contribution is 6.26. The van der Waals surface area contributed by atoms with Crippen molar-refractivity contribution in [2.75, 3.05) is 4.90 Å². The van der Waals surface area contributed by atoms with Gasteiger partial charge in [0.2, 0.25) is 11.5 Å². The molecule has 4 rings (SSSR count). The fraction of sp³-hybridized carbons (Fsp3) is 0.111. The summed E-state index contributed by atoms with van der Waals surface area (Å²) in [6.45, 7) is 1.39. The van der Waals surface area contributed by atoms with E-state index in [1.54, 1.807) is 12.3 Å². The second-order valence-electron chi connectivity index (χ2n) is 5.37. The molecule has 0 bridgehead atoms. The van der Waals surface area contributed by atoms with Crippen molar-refractivity contribution in [1.29, 1.82) is 0 Å². The van der Waals surface area contributed by atoms with Gasteiger partial charge in [-0.1, -0.05) is 48.5 Å². The molecule has 0 aliphatic carbocycles. The molecule has 0 saturated carbocycles. The smallest absolute Gasteiger partial charge is 0.287 e. The zero-order valence-electron chi connectivity index (χ0n) is 11.9. The zero-order valence-corrected chi connectivity index (χ0v) is 11.9. The Morgan fingerprint density at radius 2 is 1.73 bits per heavy atom. The molecule has 0 aromatic heterocycles. The number of carbonyl (C=O) groups excluding carboxylic acids is 2. The highest BCUT2D eigenvalue weighted by atomic mass is 16.5. The van der Waals surface area contributed by atoms with Crippen LogP contribution in [-0.4, -0.2) is 11.8 Å². The van der Waals surface area contributed by atoms with Crippen molar-refractivity contribution in [2.24, 2.45) is 0 Å². The van der Waals surface area contributed by atoms with Crippen LogP contribution >= 0.6 is 0 Å². The molecule has 2 heterocycles. The first-order valence-electron chi connectivity index (χ1n) is 7.05. The van der Waals surface area contributed by atoms with Gasteiger partial charge in [-0.25, -0.2) is 4.90 Å². The zero-order chi connectivity index (χ0) is 15.3. The summed E-state index contributed by atoms with van der Waals surface area (Å²) in [7, 11) is 0. The number of para-hydroxylation sites is 1. The molecular weight excluding hydrogens is 278 g/mol. The van der Waals surface area contributed by atoms with Crippen LogP contribution in [0.15, 0.2) is 60.9 Å². The van der Waals surface area contributed by atoms with Crippen LogP contribution in [0.5, 0.6) is 0 Å². The van der Waals surface area contributed by atoms with Crippen LogP contribution in [0, 0.1) is 0 Å². The Hall–Kier alpha value is -2.88. The predicted molar refractivity (Wildman–Crippen MR) is 81.8 cm³/mol. The molecule has 0 radical (unpaired) electrons. The third kappa shape index (κ3) is 1.41. The maximum Gasteiger partial charge on any atom is 0.287 e. The third-order valence-corrected chi connectivity index (χ3v) is 4.16. The fourth-order valence-electron chi connectivity index (χ4n) is 3.16. The summed E-state index contributed by atoms with van der Waals surface area (Å²) in [5.41, 5.74) is 1.83. The Morgan fingerprint density at radius 1 is 1.05 bits per heavy atom. The van der Waals surface area contributed by atoms with Crippen molar-refractivity contribution in [3.8, 4) is 0 Å². The number of imide groups is 1. The van der Waals surface area contributed by atoms with Crippen molar-refractivity contribution in [2.45, 2.75) is 12.5 Å². The lowest BCUT2D eigenvalue weighted by molar-refractivity contribution is -0.137. The monoisotopic (exact) mass is 291 g/mol. The predicted octanol–water partition coefficient (Wildman–Crippen LogP) is 2.85. The molecule has 2 aromatic rings. The molecule has 1 atom stereocenters. The minimum atomic E-state index is -1.19. The van der Waals surface area contributed by atoms with Crippen molar-refractivity contribution in [3.05, 3.63) is 72.0 Å². The lowest BCUT2D eigenvalue weighted by atomic mass is 9.80. The Kier molecular flexibility index (Phi) is 2.51. The van der Waals surface area contributed by atoms with Crippen LogP contribution in [-0.2, 0) is 19.9 Å². The highest BCUT2D eigenvalue weighted by Crippen LogP contribution is 2.55. The van der Waals surface area contributed by atoms with Gasteiger partial charge in [-0.15, -0.1) is 0 Å². The average Bonchev–Trinajstić information content (AvgIpc) is 2.77. The standard InChI is InChI=1S/C18H13NO3/c1-12(20)19-16-10-6-5-9-14(16)18(17(19)21)15(11-22-18)13-7-3-2-4-8-13/h2-11H,1H3. The fourth-order valence-corrected chi connectivity index (χ4v) is 3.16. The maximum absolute atomic E-state index is 12.9. The maximum atomic E-state index is 12.9. The van der Waals surface area contributed by atoms with E-state index in [1.807, 2.05) is 48.5 Å². The van der Waals surface area contributed by atoms with Gasteiger partial charge >= 0.3 is 0 Å². The Labute approximate surface area is 127 Å². The molecule has 108 valence electrons. The number of anilines is 1. The van der Waals surface area contributed by atoms with Crippen LogP contribution < -0.4 is 4.90 Å². The number of nitrogens with zero attached hydrogens (tertiary/aromatic N) is 1. The van der Waals surface area contributed by atoms with E-state index < -0.39 is 5.60 Å². The Balaban J connectivity index is 1.92. The number of benzene rings is 2. The first kappa shape index (κ1) is 12.8. The van der Waals surface area contributed by atoms with Gasteiger partial charge in [0, 0.05) is 12.5 Å². The van der Waals surface area contributed by atoms with Gasteiger partial charge in [0.05, 0.1) is 17.5 Å². The quantitative estimate of drug-likeness (QED) is 0.811. The molecule has 1 spiro atoms. The van der Waals surface area contributed by atoms with Crippen LogP contribution in [0.4, 0.5) is 5.69 Å². The molecule has 1 unspecified atom stereocenters. The van der Waals surface area contributed by atoms with Crippen molar-refractivity contribution < 1.29 is 14.3 Å². The summed E-state index contributed by atoms with van der Waals surface area (Å²) in [6, 6.07) is 16.9. The SMILES string of the molecule is CC(=O)N1C(=O)C2(OC=C2c2ccccc2)c2ccccc21. The molecular formula is C18H13NO3. The first-order valence-corrected chi connectivity index (χ1v) is 7.05. The van der Waals surface area contributed by atoms with E-state index in [0.717, 1.165) is 16.7 Å². The summed E-state index contributed by atoms with van der Waals surface area (Å²) in [5, 5.41) is 0. The number of rotatable bonds is 1. The summed E-state index contributed by atoms with van der Waals surface area (Å²) in [6.07, 6.45) is 1.59. The second-order valence-corrected chi connectivity index (χ2v) is 5.37. The molecule has 4 nitrogen and oxygen atoms in total. The van der Waals surface area contributed by atoms with E-state index in [0.29, 0.717) is 5.69 Å². The number of hydrogen-bond donors (Lipinski definition) is 0. The van der Waals surface area contributed by atoms with E-state index in [1.165, 1.54) is 11.8 Å². The molecule has 0 saturated heterocycles. The van der Waals surface area contributed by atoms with E-state index in [4.69, 9.17) is 4.74 Å². The summed E-state index contributed by atoms with van der Waals surface area (Å²) < 4.78 is 5.66. The Bertz CT molecular complexity index is 825.